The Balaban J connectivity index is 3.63. The van der Waals surface area contributed by atoms with Crippen LogP contribution in [0, 0.1) is 0 Å². The molecule has 2 unspecified atom stereocenters. The Morgan fingerprint density at radius 2 is 1.25 bits per heavy atom. The van der Waals surface area contributed by atoms with Gasteiger partial charge >= 0.3 is 13.8 Å². The van der Waals surface area contributed by atoms with Crippen molar-refractivity contribution >= 4 is 19.7 Å². The molecular formula is C34H60NO8P. The van der Waals surface area contributed by atoms with Crippen molar-refractivity contribution in [1.82, 2.24) is 5.32 Å². The third-order valence-electron chi connectivity index (χ3n) is 6.51. The second kappa shape index (κ2) is 31.0. The molecule has 0 saturated carbocycles. The molecule has 3 N–H and O–H groups in total. The molecule has 10 heteroatoms. The number of ether oxygens (including phenoxy) is 1. The number of esters is 1. The summed E-state index contributed by atoms with van der Waals surface area (Å²) in [4.78, 5) is 33.1. The standard InChI is InChI=1S/C34H60NO8P/c1-3-5-7-8-9-10-11-12-13-14-15-16-17-18-19-20-21-22-23-24-25-26-33(37)35-28-29-42-44(39,40)43-31-32(36)30-41-34(38)27-6-4-2/h9-10,12-13,15-16,18-19,32,36H,3-8,11,14,17,20-31H2,1-2H3,(H,35,37)(H,39,40)/b10-9-,13-12-,16-15-,19-18-. The minimum atomic E-state index is -4.39. The normalized spacial score (nSPS) is 14.2. The molecule has 1 amide bonds. The highest BCUT2D eigenvalue weighted by molar-refractivity contribution is 7.47. The fourth-order valence-electron chi connectivity index (χ4n) is 3.93. The molecule has 9 nitrogen and oxygen atoms in total. The fraction of sp³-hybridized carbons (Fsp3) is 0.706. The number of phosphoric acid groups is 1. The molecule has 44 heavy (non-hydrogen) atoms. The maximum Gasteiger partial charge on any atom is 0.472 e. The first kappa shape index (κ1) is 42.0. The number of rotatable bonds is 30. The lowest BCUT2D eigenvalue weighted by atomic mass is 10.1. The third kappa shape index (κ3) is 31.4. The van der Waals surface area contributed by atoms with E-state index in [1.807, 2.05) is 6.92 Å². The molecule has 0 saturated heterocycles. The Labute approximate surface area is 266 Å². The summed E-state index contributed by atoms with van der Waals surface area (Å²) >= 11 is 0. The molecule has 0 radical (unpaired) electrons. The molecule has 0 aromatic rings. The van der Waals surface area contributed by atoms with E-state index < -0.39 is 26.5 Å². The number of hydrogen-bond donors (Lipinski definition) is 3. The molecule has 0 bridgehead atoms. The van der Waals surface area contributed by atoms with Crippen LogP contribution in [0.3, 0.4) is 0 Å². The molecular weight excluding hydrogens is 581 g/mol. The summed E-state index contributed by atoms with van der Waals surface area (Å²) in [6, 6.07) is 0. The highest BCUT2D eigenvalue weighted by Gasteiger charge is 2.23. The summed E-state index contributed by atoms with van der Waals surface area (Å²) in [7, 11) is -4.39. The van der Waals surface area contributed by atoms with Gasteiger partial charge in [0.15, 0.2) is 0 Å². The van der Waals surface area contributed by atoms with Gasteiger partial charge in [-0.3, -0.25) is 18.6 Å². The smallest absolute Gasteiger partial charge is 0.463 e. The monoisotopic (exact) mass is 641 g/mol. The van der Waals surface area contributed by atoms with E-state index in [1.54, 1.807) is 0 Å². The summed E-state index contributed by atoms with van der Waals surface area (Å²) in [5.41, 5.74) is 0. The number of unbranched alkanes of at least 4 members (excludes halogenated alkanes) is 9. The van der Waals surface area contributed by atoms with Crippen molar-refractivity contribution in [3.8, 4) is 0 Å². The molecule has 254 valence electrons. The number of aliphatic hydroxyl groups excluding tert-OH is 1. The van der Waals surface area contributed by atoms with Crippen molar-refractivity contribution in [2.75, 3.05) is 26.4 Å². The predicted octanol–water partition coefficient (Wildman–Crippen LogP) is 8.04. The molecule has 0 aromatic carbocycles. The molecule has 0 aliphatic rings. The molecule has 2 atom stereocenters. The van der Waals surface area contributed by atoms with Crippen LogP contribution < -0.4 is 5.32 Å². The third-order valence-corrected chi connectivity index (χ3v) is 7.50. The maximum absolute atomic E-state index is 12.0. The van der Waals surface area contributed by atoms with Gasteiger partial charge in [0, 0.05) is 19.4 Å². The van der Waals surface area contributed by atoms with E-state index in [0.29, 0.717) is 12.8 Å². The first-order valence-corrected chi connectivity index (χ1v) is 18.1. The van der Waals surface area contributed by atoms with Crippen LogP contribution in [0.5, 0.6) is 0 Å². The minimum absolute atomic E-state index is 0.0689. The van der Waals surface area contributed by atoms with E-state index in [1.165, 1.54) is 25.7 Å². The summed E-state index contributed by atoms with van der Waals surface area (Å²) in [5, 5.41) is 12.4. The van der Waals surface area contributed by atoms with Crippen molar-refractivity contribution in [2.24, 2.45) is 0 Å². The molecule has 0 rings (SSSR count). The van der Waals surface area contributed by atoms with Crippen LogP contribution in [0.2, 0.25) is 0 Å². The lowest BCUT2D eigenvalue weighted by molar-refractivity contribution is -0.147. The van der Waals surface area contributed by atoms with Gasteiger partial charge in [0.05, 0.1) is 13.2 Å². The van der Waals surface area contributed by atoms with Crippen LogP contribution >= 0.6 is 7.82 Å². The number of amides is 1. The van der Waals surface area contributed by atoms with E-state index >= 15 is 0 Å². The van der Waals surface area contributed by atoms with Crippen molar-refractivity contribution in [3.05, 3.63) is 48.6 Å². The predicted molar refractivity (Wildman–Crippen MR) is 178 cm³/mol. The molecule has 0 spiro atoms. The summed E-state index contributed by atoms with van der Waals surface area (Å²) in [5.74, 6) is -0.577. The lowest BCUT2D eigenvalue weighted by Crippen LogP contribution is -2.27. The van der Waals surface area contributed by atoms with Gasteiger partial charge in [0.1, 0.15) is 12.7 Å². The first-order valence-electron chi connectivity index (χ1n) is 16.6. The lowest BCUT2D eigenvalue weighted by Gasteiger charge is -2.15. The van der Waals surface area contributed by atoms with Gasteiger partial charge in [-0.15, -0.1) is 0 Å². The molecule has 0 aliphatic heterocycles. The average Bonchev–Trinajstić information content (AvgIpc) is 3.00. The zero-order valence-electron chi connectivity index (χ0n) is 27.3. The number of aliphatic hydroxyl groups is 1. The van der Waals surface area contributed by atoms with Gasteiger partial charge in [0.2, 0.25) is 5.91 Å². The fourth-order valence-corrected chi connectivity index (χ4v) is 4.68. The zero-order valence-corrected chi connectivity index (χ0v) is 28.2. The Morgan fingerprint density at radius 3 is 1.86 bits per heavy atom. The van der Waals surface area contributed by atoms with Crippen LogP contribution in [0.15, 0.2) is 48.6 Å². The number of carbonyl (C=O) groups is 2. The average molecular weight is 642 g/mol. The second-order valence-electron chi connectivity index (χ2n) is 10.8. The summed E-state index contributed by atoms with van der Waals surface area (Å²) in [6.45, 7) is 3.18. The number of hydrogen-bond acceptors (Lipinski definition) is 7. The SMILES string of the molecule is CCCCC/C=C\C/C=C\C/C=C\C/C=C\CCCCCCCC(=O)NCCOP(=O)(O)OCC(O)COC(=O)CCCC. The molecule has 0 aromatic heterocycles. The summed E-state index contributed by atoms with van der Waals surface area (Å²) in [6.07, 6.45) is 33.1. The van der Waals surface area contributed by atoms with Crippen LogP contribution in [-0.2, 0) is 27.9 Å². The van der Waals surface area contributed by atoms with Gasteiger partial charge in [-0.1, -0.05) is 101 Å². The van der Waals surface area contributed by atoms with Crippen LogP contribution in [-0.4, -0.2) is 54.3 Å². The van der Waals surface area contributed by atoms with Gasteiger partial charge in [-0.25, -0.2) is 4.57 Å². The van der Waals surface area contributed by atoms with E-state index in [0.717, 1.165) is 64.2 Å². The van der Waals surface area contributed by atoms with Gasteiger partial charge in [-0.05, 0) is 57.8 Å². The maximum atomic E-state index is 12.0. The van der Waals surface area contributed by atoms with Crippen LogP contribution in [0.25, 0.3) is 0 Å². The Kier molecular flexibility index (Phi) is 29.5. The molecule has 0 heterocycles. The van der Waals surface area contributed by atoms with Gasteiger partial charge in [-0.2, -0.15) is 0 Å². The Bertz CT molecular complexity index is 871. The Hall–Kier alpha value is -2.03. The van der Waals surface area contributed by atoms with Crippen molar-refractivity contribution in [1.29, 1.82) is 0 Å². The second-order valence-corrected chi connectivity index (χ2v) is 12.2. The quantitative estimate of drug-likeness (QED) is 0.0311. The largest absolute Gasteiger partial charge is 0.472 e. The highest BCUT2D eigenvalue weighted by atomic mass is 31.2. The van der Waals surface area contributed by atoms with Gasteiger partial charge < -0.3 is 20.1 Å². The molecule has 0 fully saturated rings. The highest BCUT2D eigenvalue weighted by Crippen LogP contribution is 2.42. The number of nitrogens with one attached hydrogen (secondary N) is 1. The van der Waals surface area contributed by atoms with E-state index in [9.17, 15) is 24.2 Å². The number of phosphoric ester groups is 1. The van der Waals surface area contributed by atoms with E-state index in [4.69, 9.17) is 13.8 Å². The topological polar surface area (TPSA) is 131 Å². The Morgan fingerprint density at radius 1 is 0.705 bits per heavy atom. The minimum Gasteiger partial charge on any atom is -0.463 e. The number of carbonyl (C=O) groups excluding carboxylic acids is 2. The first-order chi connectivity index (χ1) is 21.3. The van der Waals surface area contributed by atoms with Crippen molar-refractivity contribution in [2.45, 2.75) is 129 Å². The summed E-state index contributed by atoms with van der Waals surface area (Å²) < 4.78 is 26.3. The van der Waals surface area contributed by atoms with E-state index in [2.05, 4.69) is 60.8 Å². The zero-order chi connectivity index (χ0) is 32.6. The van der Waals surface area contributed by atoms with Crippen molar-refractivity contribution in [3.63, 3.8) is 0 Å². The van der Waals surface area contributed by atoms with Gasteiger partial charge in [0.25, 0.3) is 0 Å². The molecule has 0 aliphatic carbocycles. The van der Waals surface area contributed by atoms with Crippen molar-refractivity contribution < 1.29 is 37.9 Å². The van der Waals surface area contributed by atoms with Crippen LogP contribution in [0.1, 0.15) is 123 Å². The van der Waals surface area contributed by atoms with E-state index in [-0.39, 0.29) is 32.1 Å². The van der Waals surface area contributed by atoms with Crippen LogP contribution in [0.4, 0.5) is 0 Å². The number of allylic oxidation sites excluding steroid dienone is 8.